The quantitative estimate of drug-likeness (QED) is 0.875. The number of aliphatic hydroxyl groups is 1. The third-order valence-electron chi connectivity index (χ3n) is 3.80. The molecule has 1 aliphatic rings. The highest BCUT2D eigenvalue weighted by molar-refractivity contribution is 5.05. The summed E-state index contributed by atoms with van der Waals surface area (Å²) in [5.41, 5.74) is 0.963. The fraction of sp³-hybridized carbons (Fsp3) is 0.769. The van der Waals surface area contributed by atoms with Gasteiger partial charge in [-0.05, 0) is 33.6 Å². The fourth-order valence-corrected chi connectivity index (χ4v) is 2.58. The van der Waals surface area contributed by atoms with Gasteiger partial charge in [0.05, 0.1) is 18.8 Å². The van der Waals surface area contributed by atoms with Crippen molar-refractivity contribution in [2.45, 2.75) is 58.7 Å². The molecule has 2 unspecified atom stereocenters. The minimum absolute atomic E-state index is 0.225. The Balaban J connectivity index is 2.09. The van der Waals surface area contributed by atoms with E-state index >= 15 is 0 Å². The SMILES string of the molecule is Cc1nc(CN2C(C)CCCC2CO)oc1C. The molecule has 0 spiro atoms. The number of aliphatic hydroxyl groups excluding tert-OH is 1. The third-order valence-corrected chi connectivity index (χ3v) is 3.80. The molecule has 0 saturated carbocycles. The van der Waals surface area contributed by atoms with Crippen molar-refractivity contribution >= 4 is 0 Å². The van der Waals surface area contributed by atoms with Gasteiger partial charge in [-0.2, -0.15) is 0 Å². The molecule has 1 aromatic rings. The molecular weight excluding hydrogens is 216 g/mol. The zero-order chi connectivity index (χ0) is 12.4. The number of oxazole rings is 1. The molecule has 0 bridgehead atoms. The molecule has 1 saturated heterocycles. The van der Waals surface area contributed by atoms with Crippen LogP contribution >= 0.6 is 0 Å². The second kappa shape index (κ2) is 5.19. The van der Waals surface area contributed by atoms with Gasteiger partial charge in [-0.1, -0.05) is 6.42 Å². The molecule has 1 aromatic heterocycles. The van der Waals surface area contributed by atoms with E-state index in [4.69, 9.17) is 4.42 Å². The number of nitrogens with zero attached hydrogens (tertiary/aromatic N) is 2. The van der Waals surface area contributed by atoms with Gasteiger partial charge in [0.25, 0.3) is 0 Å². The zero-order valence-corrected chi connectivity index (χ0v) is 10.9. The van der Waals surface area contributed by atoms with Crippen LogP contribution in [0.5, 0.6) is 0 Å². The summed E-state index contributed by atoms with van der Waals surface area (Å²) in [7, 11) is 0. The Labute approximate surface area is 103 Å². The van der Waals surface area contributed by atoms with Crippen LogP contribution in [0, 0.1) is 13.8 Å². The van der Waals surface area contributed by atoms with Gasteiger partial charge >= 0.3 is 0 Å². The maximum absolute atomic E-state index is 9.42. The van der Waals surface area contributed by atoms with Crippen LogP contribution in [-0.4, -0.2) is 33.7 Å². The van der Waals surface area contributed by atoms with Crippen LogP contribution in [-0.2, 0) is 6.54 Å². The normalized spacial score (nSPS) is 26.4. The van der Waals surface area contributed by atoms with E-state index < -0.39 is 0 Å². The number of aromatic nitrogens is 1. The van der Waals surface area contributed by atoms with Crippen molar-refractivity contribution in [3.05, 3.63) is 17.3 Å². The standard InChI is InChI=1S/C13H22N2O2/c1-9-5-4-6-12(8-16)15(9)7-13-14-10(2)11(3)17-13/h9,12,16H,4-8H2,1-3H3. The van der Waals surface area contributed by atoms with E-state index in [-0.39, 0.29) is 12.6 Å². The molecule has 0 amide bonds. The lowest BCUT2D eigenvalue weighted by atomic mass is 9.97. The molecule has 1 N–H and O–H groups in total. The van der Waals surface area contributed by atoms with Crippen molar-refractivity contribution in [3.63, 3.8) is 0 Å². The van der Waals surface area contributed by atoms with Gasteiger partial charge in [0.2, 0.25) is 5.89 Å². The average Bonchev–Trinajstić information content (AvgIpc) is 2.61. The van der Waals surface area contributed by atoms with E-state index in [0.29, 0.717) is 12.6 Å². The molecule has 1 aliphatic heterocycles. The highest BCUT2D eigenvalue weighted by Crippen LogP contribution is 2.24. The van der Waals surface area contributed by atoms with Crippen molar-refractivity contribution in [1.82, 2.24) is 9.88 Å². The molecule has 1 fully saturated rings. The van der Waals surface area contributed by atoms with Crippen molar-refractivity contribution in [2.24, 2.45) is 0 Å². The molecular formula is C13H22N2O2. The van der Waals surface area contributed by atoms with Crippen LogP contribution in [0.25, 0.3) is 0 Å². The second-order valence-corrected chi connectivity index (χ2v) is 5.04. The molecule has 0 aliphatic carbocycles. The van der Waals surface area contributed by atoms with Crippen molar-refractivity contribution in [1.29, 1.82) is 0 Å². The largest absolute Gasteiger partial charge is 0.444 e. The molecule has 0 aromatic carbocycles. The smallest absolute Gasteiger partial charge is 0.208 e. The number of rotatable bonds is 3. The Morgan fingerprint density at radius 3 is 2.76 bits per heavy atom. The lowest BCUT2D eigenvalue weighted by molar-refractivity contribution is 0.0383. The average molecular weight is 238 g/mol. The van der Waals surface area contributed by atoms with Gasteiger partial charge in [-0.25, -0.2) is 4.98 Å². The van der Waals surface area contributed by atoms with Crippen molar-refractivity contribution in [2.75, 3.05) is 6.61 Å². The summed E-state index contributed by atoms with van der Waals surface area (Å²) in [6.07, 6.45) is 3.46. The van der Waals surface area contributed by atoms with Gasteiger partial charge in [0.1, 0.15) is 5.76 Å². The van der Waals surface area contributed by atoms with Gasteiger partial charge in [0, 0.05) is 12.1 Å². The summed E-state index contributed by atoms with van der Waals surface area (Å²) < 4.78 is 5.62. The Morgan fingerprint density at radius 1 is 1.41 bits per heavy atom. The van der Waals surface area contributed by atoms with Gasteiger partial charge in [0.15, 0.2) is 0 Å². The van der Waals surface area contributed by atoms with Crippen LogP contribution in [0.1, 0.15) is 43.5 Å². The highest BCUT2D eigenvalue weighted by Gasteiger charge is 2.28. The minimum atomic E-state index is 0.225. The number of hydrogen-bond acceptors (Lipinski definition) is 4. The van der Waals surface area contributed by atoms with Gasteiger partial charge in [-0.3, -0.25) is 4.90 Å². The number of piperidine rings is 1. The van der Waals surface area contributed by atoms with E-state index in [1.54, 1.807) is 0 Å². The fourth-order valence-electron chi connectivity index (χ4n) is 2.58. The Bertz CT molecular complexity index is 356. The summed E-state index contributed by atoms with van der Waals surface area (Å²) in [6, 6.07) is 0.750. The third kappa shape index (κ3) is 2.69. The van der Waals surface area contributed by atoms with Crippen molar-refractivity contribution in [3.8, 4) is 0 Å². The topological polar surface area (TPSA) is 49.5 Å². The maximum atomic E-state index is 9.42. The van der Waals surface area contributed by atoms with Crippen LogP contribution < -0.4 is 0 Å². The number of likely N-dealkylation sites (tertiary alicyclic amines) is 1. The van der Waals surface area contributed by atoms with E-state index in [2.05, 4.69) is 16.8 Å². The molecule has 0 radical (unpaired) electrons. The summed E-state index contributed by atoms with van der Waals surface area (Å²) in [5, 5.41) is 9.42. The van der Waals surface area contributed by atoms with Crippen LogP contribution in [0.15, 0.2) is 4.42 Å². The summed E-state index contributed by atoms with van der Waals surface area (Å²) >= 11 is 0. The van der Waals surface area contributed by atoms with E-state index in [1.165, 1.54) is 12.8 Å². The predicted octanol–water partition coefficient (Wildman–Crippen LogP) is 2.03. The summed E-state index contributed by atoms with van der Waals surface area (Å²) in [6.45, 7) is 7.05. The zero-order valence-electron chi connectivity index (χ0n) is 10.9. The first-order chi connectivity index (χ1) is 8.11. The highest BCUT2D eigenvalue weighted by atomic mass is 16.4. The monoisotopic (exact) mass is 238 g/mol. The Kier molecular flexibility index (Phi) is 3.84. The first-order valence-corrected chi connectivity index (χ1v) is 6.41. The molecule has 2 atom stereocenters. The number of aryl methyl sites for hydroxylation is 2. The van der Waals surface area contributed by atoms with Gasteiger partial charge < -0.3 is 9.52 Å². The molecule has 2 heterocycles. The molecule has 96 valence electrons. The Hall–Kier alpha value is -0.870. The maximum Gasteiger partial charge on any atom is 0.208 e. The lowest BCUT2D eigenvalue weighted by Crippen LogP contribution is -2.46. The molecule has 4 heteroatoms. The number of hydrogen-bond donors (Lipinski definition) is 1. The van der Waals surface area contributed by atoms with Crippen molar-refractivity contribution < 1.29 is 9.52 Å². The predicted molar refractivity (Wildman–Crippen MR) is 65.7 cm³/mol. The Morgan fingerprint density at radius 2 is 2.18 bits per heavy atom. The van der Waals surface area contributed by atoms with E-state index in [9.17, 15) is 5.11 Å². The van der Waals surface area contributed by atoms with Crippen LogP contribution in [0.3, 0.4) is 0 Å². The first kappa shape index (κ1) is 12.6. The minimum Gasteiger partial charge on any atom is -0.444 e. The van der Waals surface area contributed by atoms with E-state index in [1.807, 2.05) is 13.8 Å². The van der Waals surface area contributed by atoms with Gasteiger partial charge in [-0.15, -0.1) is 0 Å². The molecule has 4 nitrogen and oxygen atoms in total. The summed E-state index contributed by atoms with van der Waals surface area (Å²) in [5.74, 6) is 1.66. The first-order valence-electron chi connectivity index (χ1n) is 6.41. The molecule has 17 heavy (non-hydrogen) atoms. The van der Waals surface area contributed by atoms with Crippen LogP contribution in [0.4, 0.5) is 0 Å². The van der Waals surface area contributed by atoms with Crippen LogP contribution in [0.2, 0.25) is 0 Å². The lowest BCUT2D eigenvalue weighted by Gasteiger charge is -2.39. The molecule has 2 rings (SSSR count). The second-order valence-electron chi connectivity index (χ2n) is 5.04. The summed E-state index contributed by atoms with van der Waals surface area (Å²) in [4.78, 5) is 6.73. The van der Waals surface area contributed by atoms with E-state index in [0.717, 1.165) is 23.8 Å².